The molecule has 0 atom stereocenters. The van der Waals surface area contributed by atoms with Crippen molar-refractivity contribution in [2.45, 2.75) is 37.1 Å². The van der Waals surface area contributed by atoms with Crippen molar-refractivity contribution in [2.24, 2.45) is 0 Å². The second kappa shape index (κ2) is 9.37. The zero-order valence-electron chi connectivity index (χ0n) is 18.5. The van der Waals surface area contributed by atoms with Gasteiger partial charge in [0.1, 0.15) is 12.1 Å². The number of carboxylic acid groups (broad SMARTS) is 1. The lowest BCUT2D eigenvalue weighted by Gasteiger charge is -2.33. The molecule has 0 saturated heterocycles. The Balaban J connectivity index is 1.30. The van der Waals surface area contributed by atoms with Crippen LogP contribution in [0.1, 0.15) is 42.7 Å². The van der Waals surface area contributed by atoms with Gasteiger partial charge in [-0.05, 0) is 41.0 Å². The maximum Gasteiger partial charge on any atom is 0.407 e. The van der Waals surface area contributed by atoms with Crippen molar-refractivity contribution in [3.05, 3.63) is 59.7 Å². The number of hydrogen-bond donors (Lipinski definition) is 2. The predicted octanol–water partition coefficient (Wildman–Crippen LogP) is 3.38. The van der Waals surface area contributed by atoms with Crippen LogP contribution in [0.5, 0.6) is 0 Å². The van der Waals surface area contributed by atoms with Crippen LogP contribution in [0.25, 0.3) is 11.1 Å². The average Bonchev–Trinajstić information content (AvgIpc) is 3.44. The van der Waals surface area contributed by atoms with E-state index < -0.39 is 23.5 Å². The number of rotatable bonds is 5. The maximum absolute atomic E-state index is 12.4. The van der Waals surface area contributed by atoms with Gasteiger partial charge in [-0.1, -0.05) is 67.3 Å². The van der Waals surface area contributed by atoms with E-state index in [4.69, 9.17) is 4.74 Å². The van der Waals surface area contributed by atoms with E-state index in [1.165, 1.54) is 11.9 Å². The van der Waals surface area contributed by atoms with Crippen LogP contribution in [0.15, 0.2) is 48.5 Å². The highest BCUT2D eigenvalue weighted by molar-refractivity contribution is 5.97. The molecule has 1 fully saturated rings. The van der Waals surface area contributed by atoms with E-state index in [0.29, 0.717) is 12.8 Å². The number of alkyl carbamates (subject to hydrolysis) is 1. The quantitative estimate of drug-likeness (QED) is 0.687. The number of benzene rings is 2. The average molecular weight is 447 g/mol. The highest BCUT2D eigenvalue weighted by atomic mass is 16.5. The Labute approximate surface area is 192 Å². The van der Waals surface area contributed by atoms with Crippen molar-refractivity contribution in [1.29, 1.82) is 0 Å². The number of nitrogens with zero attached hydrogens (tertiary/aromatic N) is 1. The van der Waals surface area contributed by atoms with Gasteiger partial charge < -0.3 is 20.1 Å². The minimum absolute atomic E-state index is 0.0388. The fourth-order valence-electron chi connectivity index (χ4n) is 4.82. The Morgan fingerprint density at radius 2 is 1.64 bits per heavy atom. The standard InChI is InChI=1S/C26H26N2O5/c1-28(26(24(30)31)14-6-7-15-26)23(29)13-8-16-27-25(32)33-17-22-20-11-4-2-9-18(20)19-10-3-5-12-21(19)22/h2-5,9-12,22H,6-7,14-17H2,1H3,(H,27,32)(H,30,31). The number of hydrogen-bond acceptors (Lipinski definition) is 4. The number of ether oxygens (including phenoxy) is 1. The van der Waals surface area contributed by atoms with Gasteiger partial charge in [-0.3, -0.25) is 4.79 Å². The van der Waals surface area contributed by atoms with Gasteiger partial charge in [-0.25, -0.2) is 9.59 Å². The summed E-state index contributed by atoms with van der Waals surface area (Å²) in [7, 11) is 1.47. The topological polar surface area (TPSA) is 95.9 Å². The van der Waals surface area contributed by atoms with Crippen LogP contribution >= 0.6 is 0 Å². The molecular formula is C26H26N2O5. The van der Waals surface area contributed by atoms with E-state index >= 15 is 0 Å². The number of amides is 2. The van der Waals surface area contributed by atoms with Crippen LogP contribution in [-0.2, 0) is 14.3 Å². The molecule has 0 aromatic heterocycles. The number of fused-ring (bicyclic) bond motifs is 3. The fraction of sp³-hybridized carbons (Fsp3) is 0.346. The molecule has 0 aliphatic heterocycles. The van der Waals surface area contributed by atoms with Crippen molar-refractivity contribution in [2.75, 3.05) is 20.2 Å². The van der Waals surface area contributed by atoms with E-state index in [9.17, 15) is 19.5 Å². The normalized spacial score (nSPS) is 15.5. The van der Waals surface area contributed by atoms with Crippen LogP contribution in [-0.4, -0.2) is 53.7 Å². The Morgan fingerprint density at radius 1 is 1.06 bits per heavy atom. The number of aliphatic carboxylic acids is 1. The van der Waals surface area contributed by atoms with Crippen molar-refractivity contribution in [3.63, 3.8) is 0 Å². The van der Waals surface area contributed by atoms with Crippen molar-refractivity contribution in [3.8, 4) is 23.0 Å². The third kappa shape index (κ3) is 4.29. The van der Waals surface area contributed by atoms with E-state index in [-0.39, 0.29) is 19.1 Å². The fourth-order valence-corrected chi connectivity index (χ4v) is 4.82. The molecule has 0 radical (unpaired) electrons. The molecule has 2 N–H and O–H groups in total. The first kappa shape index (κ1) is 22.4. The molecule has 0 spiro atoms. The molecule has 2 aromatic carbocycles. The molecule has 4 rings (SSSR count). The molecule has 0 unspecified atom stereocenters. The number of carbonyl (C=O) groups is 3. The Morgan fingerprint density at radius 3 is 2.21 bits per heavy atom. The second-order valence-corrected chi connectivity index (χ2v) is 8.39. The molecule has 33 heavy (non-hydrogen) atoms. The Bertz CT molecular complexity index is 1100. The molecular weight excluding hydrogens is 420 g/mol. The van der Waals surface area contributed by atoms with Gasteiger partial charge in [0.15, 0.2) is 0 Å². The lowest BCUT2D eigenvalue weighted by atomic mass is 9.95. The van der Waals surface area contributed by atoms with Gasteiger partial charge in [-0.2, -0.15) is 0 Å². The van der Waals surface area contributed by atoms with Gasteiger partial charge in [0.25, 0.3) is 5.91 Å². The SMILES string of the molecule is CN(C(=O)C#CCNC(=O)OCC1c2ccccc2-c2ccccc21)C1(C(=O)O)CCCC1. The van der Waals surface area contributed by atoms with Gasteiger partial charge in [0.2, 0.25) is 0 Å². The lowest BCUT2D eigenvalue weighted by Crippen LogP contribution is -2.53. The summed E-state index contributed by atoms with van der Waals surface area (Å²) in [5, 5.41) is 12.1. The molecule has 2 aliphatic carbocycles. The van der Waals surface area contributed by atoms with Crippen LogP contribution < -0.4 is 5.32 Å². The third-order valence-electron chi connectivity index (χ3n) is 6.64. The lowest BCUT2D eigenvalue weighted by molar-refractivity contribution is -0.155. The molecule has 7 nitrogen and oxygen atoms in total. The summed E-state index contributed by atoms with van der Waals surface area (Å²) < 4.78 is 5.43. The molecule has 170 valence electrons. The van der Waals surface area contributed by atoms with Crippen LogP contribution in [0.2, 0.25) is 0 Å². The van der Waals surface area contributed by atoms with Gasteiger partial charge in [-0.15, -0.1) is 0 Å². The number of carboxylic acids is 1. The molecule has 0 heterocycles. The summed E-state index contributed by atoms with van der Waals surface area (Å²) in [4.78, 5) is 37.5. The van der Waals surface area contributed by atoms with Crippen molar-refractivity contribution < 1.29 is 24.2 Å². The van der Waals surface area contributed by atoms with E-state index in [0.717, 1.165) is 35.1 Å². The zero-order chi connectivity index (χ0) is 23.4. The zero-order valence-corrected chi connectivity index (χ0v) is 18.5. The molecule has 2 aromatic rings. The highest BCUT2D eigenvalue weighted by Crippen LogP contribution is 2.44. The minimum atomic E-state index is -1.19. The van der Waals surface area contributed by atoms with Gasteiger partial charge >= 0.3 is 12.1 Å². The maximum atomic E-state index is 12.4. The summed E-state index contributed by atoms with van der Waals surface area (Å²) in [5.74, 6) is 3.39. The van der Waals surface area contributed by atoms with Crippen molar-refractivity contribution in [1.82, 2.24) is 10.2 Å². The molecule has 2 aliphatic rings. The first-order valence-electron chi connectivity index (χ1n) is 11.0. The van der Waals surface area contributed by atoms with Gasteiger partial charge in [0, 0.05) is 13.0 Å². The molecule has 7 heteroatoms. The second-order valence-electron chi connectivity index (χ2n) is 8.39. The van der Waals surface area contributed by atoms with Crippen LogP contribution in [0, 0.1) is 11.8 Å². The summed E-state index contributed by atoms with van der Waals surface area (Å²) in [5.41, 5.74) is 3.36. The van der Waals surface area contributed by atoms with Crippen molar-refractivity contribution >= 4 is 18.0 Å². The summed E-state index contributed by atoms with van der Waals surface area (Å²) in [6.07, 6.45) is 1.75. The number of likely N-dealkylation sites (N-methyl/N-ethyl adjacent to an activating group) is 1. The highest BCUT2D eigenvalue weighted by Gasteiger charge is 2.46. The number of nitrogens with one attached hydrogen (secondary N) is 1. The Hall–Kier alpha value is -3.79. The number of carbonyl (C=O) groups excluding carboxylic acids is 2. The monoisotopic (exact) mass is 446 g/mol. The van der Waals surface area contributed by atoms with E-state index in [1.54, 1.807) is 0 Å². The smallest absolute Gasteiger partial charge is 0.407 e. The summed E-state index contributed by atoms with van der Waals surface area (Å²) in [6.45, 7) is 0.117. The largest absolute Gasteiger partial charge is 0.479 e. The van der Waals surface area contributed by atoms with Crippen LogP contribution in [0.4, 0.5) is 4.79 Å². The Kier molecular flexibility index (Phi) is 6.36. The minimum Gasteiger partial charge on any atom is -0.479 e. The summed E-state index contributed by atoms with van der Waals surface area (Å²) >= 11 is 0. The molecule has 1 saturated carbocycles. The predicted molar refractivity (Wildman–Crippen MR) is 122 cm³/mol. The first-order chi connectivity index (χ1) is 15.9. The first-order valence-corrected chi connectivity index (χ1v) is 11.0. The summed E-state index contributed by atoms with van der Waals surface area (Å²) in [6, 6.07) is 16.2. The van der Waals surface area contributed by atoms with E-state index in [1.807, 2.05) is 36.4 Å². The molecule has 2 amide bonds. The van der Waals surface area contributed by atoms with Crippen LogP contribution in [0.3, 0.4) is 0 Å². The molecule has 0 bridgehead atoms. The van der Waals surface area contributed by atoms with Gasteiger partial charge in [0.05, 0.1) is 6.54 Å². The third-order valence-corrected chi connectivity index (χ3v) is 6.64. The van der Waals surface area contributed by atoms with E-state index in [2.05, 4.69) is 29.3 Å².